The summed E-state index contributed by atoms with van der Waals surface area (Å²) in [5.41, 5.74) is 7.55. The summed E-state index contributed by atoms with van der Waals surface area (Å²) in [5, 5.41) is 10.7. The molecule has 1 aliphatic heterocycles. The monoisotopic (exact) mass is 477 g/mol. The Morgan fingerprint density at radius 1 is 0.806 bits per heavy atom. The van der Waals surface area contributed by atoms with Gasteiger partial charge in [-0.05, 0) is 66.6 Å². The first-order valence-corrected chi connectivity index (χ1v) is 12.1. The van der Waals surface area contributed by atoms with Gasteiger partial charge < -0.3 is 16.0 Å². The number of carbonyl (C=O) groups excluding carboxylic acids is 1. The molecule has 36 heavy (non-hydrogen) atoms. The van der Waals surface area contributed by atoms with Gasteiger partial charge in [0.05, 0.1) is 11.2 Å². The number of aromatic nitrogens is 2. The molecule has 1 aromatic heterocycles. The van der Waals surface area contributed by atoms with Crippen molar-refractivity contribution in [2.75, 3.05) is 17.2 Å². The lowest BCUT2D eigenvalue weighted by molar-refractivity contribution is 0.102. The van der Waals surface area contributed by atoms with Crippen LogP contribution in [0.4, 0.5) is 17.3 Å². The minimum Gasteiger partial charge on any atom is -0.324 e. The maximum absolute atomic E-state index is 12.8. The van der Waals surface area contributed by atoms with E-state index >= 15 is 0 Å². The van der Waals surface area contributed by atoms with Crippen LogP contribution in [0.25, 0.3) is 22.2 Å². The number of amides is 1. The van der Waals surface area contributed by atoms with E-state index in [1.807, 2.05) is 72.8 Å². The van der Waals surface area contributed by atoms with E-state index in [9.17, 15) is 4.79 Å². The SMILES string of the molecule is O=C(Nc1ccc2c(c1)CNCC2)c1ccc(Nc2nc(-c3ccccc3)c3ccccc3n2)cc1.[HH].[HH].[HH]. The van der Waals surface area contributed by atoms with Crippen molar-refractivity contribution in [1.82, 2.24) is 15.3 Å². The van der Waals surface area contributed by atoms with E-state index < -0.39 is 0 Å². The molecule has 5 aromatic rings. The number of nitrogens with one attached hydrogen (secondary N) is 3. The summed E-state index contributed by atoms with van der Waals surface area (Å²) in [4.78, 5) is 22.3. The summed E-state index contributed by atoms with van der Waals surface area (Å²) in [6.07, 6.45) is 1.02. The molecule has 0 spiro atoms. The number of hydrogen-bond acceptors (Lipinski definition) is 5. The van der Waals surface area contributed by atoms with E-state index in [0.29, 0.717) is 11.5 Å². The first kappa shape index (κ1) is 21.9. The summed E-state index contributed by atoms with van der Waals surface area (Å²) >= 11 is 0. The minimum atomic E-state index is -0.140. The standard InChI is InChI=1S/C30H25N5O.3H2/c36-29(32-25-15-10-20-16-17-31-19-23(20)18-25)22-11-13-24(14-12-22)33-30-34-27-9-5-4-8-26(27)28(35-30)21-6-2-1-3-7-21;;;/h1-15,18,31H,16-17,19H2,(H,32,36)(H,33,34,35);3*1H. The average molecular weight is 478 g/mol. The molecule has 182 valence electrons. The Bertz CT molecular complexity index is 1560. The van der Waals surface area contributed by atoms with Crippen molar-refractivity contribution in [2.24, 2.45) is 0 Å². The first-order valence-electron chi connectivity index (χ1n) is 12.1. The molecule has 6 heteroatoms. The third-order valence-electron chi connectivity index (χ3n) is 6.40. The Hall–Kier alpha value is -4.55. The molecule has 4 aromatic carbocycles. The van der Waals surface area contributed by atoms with Gasteiger partial charge in [-0.1, -0.05) is 54.6 Å². The maximum Gasteiger partial charge on any atom is 0.255 e. The highest BCUT2D eigenvalue weighted by molar-refractivity contribution is 6.04. The van der Waals surface area contributed by atoms with Crippen LogP contribution in [-0.2, 0) is 13.0 Å². The maximum atomic E-state index is 12.8. The predicted molar refractivity (Wildman–Crippen MR) is 151 cm³/mol. The molecule has 0 fully saturated rings. The van der Waals surface area contributed by atoms with Crippen molar-refractivity contribution in [3.05, 3.63) is 114 Å². The number of hydrogen-bond donors (Lipinski definition) is 3. The number of benzene rings is 4. The quantitative estimate of drug-likeness (QED) is 0.263. The highest BCUT2D eigenvalue weighted by Crippen LogP contribution is 2.28. The lowest BCUT2D eigenvalue weighted by Gasteiger charge is -2.18. The zero-order valence-electron chi connectivity index (χ0n) is 19.7. The van der Waals surface area contributed by atoms with Gasteiger partial charge in [-0.2, -0.15) is 0 Å². The molecule has 6 rings (SSSR count). The predicted octanol–water partition coefficient (Wildman–Crippen LogP) is 6.68. The van der Waals surface area contributed by atoms with Crippen LogP contribution in [0.2, 0.25) is 0 Å². The van der Waals surface area contributed by atoms with Gasteiger partial charge in [0.1, 0.15) is 0 Å². The fraction of sp³-hybridized carbons (Fsp3) is 0.100. The van der Waals surface area contributed by atoms with E-state index in [1.54, 1.807) is 12.1 Å². The summed E-state index contributed by atoms with van der Waals surface area (Å²) in [7, 11) is 0. The number of nitrogens with zero attached hydrogens (tertiary/aromatic N) is 2. The van der Waals surface area contributed by atoms with Crippen LogP contribution in [0.15, 0.2) is 97.1 Å². The fourth-order valence-electron chi connectivity index (χ4n) is 4.54. The van der Waals surface area contributed by atoms with Crippen molar-refractivity contribution < 1.29 is 9.07 Å². The van der Waals surface area contributed by atoms with Crippen LogP contribution in [0.1, 0.15) is 25.8 Å². The van der Waals surface area contributed by atoms with Gasteiger partial charge in [0.15, 0.2) is 0 Å². The van der Waals surface area contributed by atoms with Crippen LogP contribution in [0, 0.1) is 0 Å². The van der Waals surface area contributed by atoms with Crippen LogP contribution < -0.4 is 16.0 Å². The zero-order valence-corrected chi connectivity index (χ0v) is 19.7. The van der Waals surface area contributed by atoms with Gasteiger partial charge in [0, 0.05) is 38.7 Å². The molecule has 0 saturated carbocycles. The molecule has 0 radical (unpaired) electrons. The highest BCUT2D eigenvalue weighted by Gasteiger charge is 2.13. The van der Waals surface area contributed by atoms with Crippen molar-refractivity contribution in [1.29, 1.82) is 0 Å². The largest absolute Gasteiger partial charge is 0.324 e. The Balaban J connectivity index is 0.00000140. The molecule has 0 bridgehead atoms. The molecule has 0 aliphatic carbocycles. The third-order valence-corrected chi connectivity index (χ3v) is 6.40. The van der Waals surface area contributed by atoms with Gasteiger partial charge in [0.25, 0.3) is 5.91 Å². The second kappa shape index (κ2) is 9.60. The van der Waals surface area contributed by atoms with Gasteiger partial charge in [-0.25, -0.2) is 9.97 Å². The number of para-hydroxylation sites is 1. The molecule has 1 amide bonds. The van der Waals surface area contributed by atoms with Crippen LogP contribution in [0.3, 0.4) is 0 Å². The molecular weight excluding hydrogens is 446 g/mol. The van der Waals surface area contributed by atoms with Crippen molar-refractivity contribution >= 4 is 34.1 Å². The fourth-order valence-corrected chi connectivity index (χ4v) is 4.54. The molecule has 0 atom stereocenters. The Morgan fingerprint density at radius 3 is 2.44 bits per heavy atom. The van der Waals surface area contributed by atoms with Gasteiger partial charge in [-0.15, -0.1) is 0 Å². The molecule has 0 saturated heterocycles. The lowest BCUT2D eigenvalue weighted by Crippen LogP contribution is -2.23. The van der Waals surface area contributed by atoms with Crippen LogP contribution in [-0.4, -0.2) is 22.4 Å². The number of rotatable bonds is 5. The third kappa shape index (κ3) is 4.54. The van der Waals surface area contributed by atoms with Crippen molar-refractivity contribution in [3.63, 3.8) is 0 Å². The molecule has 3 N–H and O–H groups in total. The summed E-state index contributed by atoms with van der Waals surface area (Å²) in [5.74, 6) is 0.367. The normalized spacial score (nSPS) is 12.7. The van der Waals surface area contributed by atoms with E-state index in [0.717, 1.165) is 53.0 Å². The second-order valence-electron chi connectivity index (χ2n) is 8.85. The number of anilines is 3. The summed E-state index contributed by atoms with van der Waals surface area (Å²) in [6.45, 7) is 1.83. The Labute approximate surface area is 213 Å². The van der Waals surface area contributed by atoms with Gasteiger partial charge >= 0.3 is 0 Å². The lowest BCUT2D eigenvalue weighted by atomic mass is 10.0. The van der Waals surface area contributed by atoms with Crippen LogP contribution >= 0.6 is 0 Å². The van der Waals surface area contributed by atoms with Crippen molar-refractivity contribution in [2.45, 2.75) is 13.0 Å². The Morgan fingerprint density at radius 2 is 1.58 bits per heavy atom. The average Bonchev–Trinajstić information content (AvgIpc) is 2.93. The van der Waals surface area contributed by atoms with Gasteiger partial charge in [0.2, 0.25) is 5.95 Å². The van der Waals surface area contributed by atoms with E-state index in [1.165, 1.54) is 11.1 Å². The first-order chi connectivity index (χ1) is 17.7. The highest BCUT2D eigenvalue weighted by atomic mass is 16.1. The molecule has 0 unspecified atom stereocenters. The second-order valence-corrected chi connectivity index (χ2v) is 8.85. The molecule has 6 nitrogen and oxygen atoms in total. The smallest absolute Gasteiger partial charge is 0.255 e. The Kier molecular flexibility index (Phi) is 5.85. The molecule has 2 heterocycles. The van der Waals surface area contributed by atoms with E-state index in [2.05, 4.69) is 28.1 Å². The summed E-state index contributed by atoms with van der Waals surface area (Å²) in [6, 6.07) is 31.6. The number of fused-ring (bicyclic) bond motifs is 2. The van der Waals surface area contributed by atoms with E-state index in [4.69, 9.17) is 9.97 Å². The molecular formula is C30H31N5O. The van der Waals surface area contributed by atoms with Crippen molar-refractivity contribution in [3.8, 4) is 11.3 Å². The molecule has 1 aliphatic rings. The minimum absolute atomic E-state index is 0. The van der Waals surface area contributed by atoms with Gasteiger partial charge in [-0.3, -0.25) is 4.79 Å². The van der Waals surface area contributed by atoms with E-state index in [-0.39, 0.29) is 10.2 Å². The topological polar surface area (TPSA) is 78.9 Å². The van der Waals surface area contributed by atoms with Crippen LogP contribution in [0.5, 0.6) is 0 Å². The zero-order chi connectivity index (χ0) is 24.3. The number of carbonyl (C=O) groups is 1. The summed E-state index contributed by atoms with van der Waals surface area (Å²) < 4.78 is 0.